The molecule has 0 N–H and O–H groups in total. The van der Waals surface area contributed by atoms with Crippen LogP contribution >= 0.6 is 0 Å². The van der Waals surface area contributed by atoms with E-state index in [1.807, 2.05) is 27.7 Å². The van der Waals surface area contributed by atoms with E-state index in [0.717, 1.165) is 16.7 Å². The van der Waals surface area contributed by atoms with Crippen molar-refractivity contribution in [3.63, 3.8) is 0 Å². The van der Waals surface area contributed by atoms with E-state index in [1.54, 1.807) is 12.1 Å². The second-order valence-corrected chi connectivity index (χ2v) is 4.97. The number of halogens is 3. The largest absolute Gasteiger partial charge is 0.395 e. The molecule has 1 rings (SSSR count). The molecule has 1 atom stereocenters. The number of aryl methyl sites for hydroxylation is 1. The zero-order valence-corrected chi connectivity index (χ0v) is 10.9. The fraction of sp³-hybridized carbons (Fsp3) is 0.571. The Hall–Kier alpha value is -0.990. The molecule has 17 heavy (non-hydrogen) atoms. The van der Waals surface area contributed by atoms with Gasteiger partial charge in [-0.25, -0.2) is 0 Å². The van der Waals surface area contributed by atoms with E-state index in [2.05, 4.69) is 0 Å². The van der Waals surface area contributed by atoms with Gasteiger partial charge in [0.25, 0.3) is 0 Å². The van der Waals surface area contributed by atoms with Crippen LogP contribution in [0.2, 0.25) is 0 Å². The van der Waals surface area contributed by atoms with Crippen LogP contribution < -0.4 is 0 Å². The summed E-state index contributed by atoms with van der Waals surface area (Å²) in [5.41, 5.74) is 3.40. The number of rotatable bonds is 2. The zero-order chi connectivity index (χ0) is 13.4. The van der Waals surface area contributed by atoms with Gasteiger partial charge >= 0.3 is 6.18 Å². The number of hydrogen-bond donors (Lipinski definition) is 0. The Bertz CT molecular complexity index is 403. The summed E-state index contributed by atoms with van der Waals surface area (Å²) in [4.78, 5) is 0. The minimum Gasteiger partial charge on any atom is -0.170 e. The monoisotopic (exact) mass is 244 g/mol. The Kier molecular flexibility index (Phi) is 3.90. The number of alkyl halides is 3. The van der Waals surface area contributed by atoms with Crippen LogP contribution in [0.15, 0.2) is 12.1 Å². The molecule has 0 bridgehead atoms. The summed E-state index contributed by atoms with van der Waals surface area (Å²) in [7, 11) is 0. The van der Waals surface area contributed by atoms with E-state index in [9.17, 15) is 13.2 Å². The van der Waals surface area contributed by atoms with Gasteiger partial charge in [-0.15, -0.1) is 0 Å². The van der Waals surface area contributed by atoms with E-state index < -0.39 is 12.1 Å². The van der Waals surface area contributed by atoms with Crippen LogP contribution in [0.25, 0.3) is 0 Å². The highest BCUT2D eigenvalue weighted by molar-refractivity contribution is 5.40. The molecule has 0 spiro atoms. The van der Waals surface area contributed by atoms with Crippen molar-refractivity contribution in [3.8, 4) is 0 Å². The third-order valence-electron chi connectivity index (χ3n) is 3.34. The fourth-order valence-electron chi connectivity index (χ4n) is 1.95. The van der Waals surface area contributed by atoms with E-state index in [-0.39, 0.29) is 5.92 Å². The van der Waals surface area contributed by atoms with E-state index in [4.69, 9.17) is 0 Å². The van der Waals surface area contributed by atoms with Crippen LogP contribution in [0.4, 0.5) is 13.2 Å². The van der Waals surface area contributed by atoms with Crippen molar-refractivity contribution in [3.05, 3.63) is 34.4 Å². The van der Waals surface area contributed by atoms with Crippen LogP contribution in [0, 0.1) is 13.8 Å². The van der Waals surface area contributed by atoms with E-state index in [1.165, 1.54) is 6.92 Å². The molecule has 0 radical (unpaired) electrons. The lowest BCUT2D eigenvalue weighted by Crippen LogP contribution is -2.18. The average molecular weight is 244 g/mol. The van der Waals surface area contributed by atoms with Crippen molar-refractivity contribution in [2.24, 2.45) is 0 Å². The highest BCUT2D eigenvalue weighted by Gasteiger charge is 2.37. The Labute approximate surface area is 101 Å². The third-order valence-corrected chi connectivity index (χ3v) is 3.34. The first-order chi connectivity index (χ1) is 7.64. The molecule has 0 aromatic heterocycles. The quantitative estimate of drug-likeness (QED) is 0.679. The van der Waals surface area contributed by atoms with Gasteiger partial charge in [0.1, 0.15) is 0 Å². The van der Waals surface area contributed by atoms with Crippen LogP contribution in [0.3, 0.4) is 0 Å². The molecule has 0 amide bonds. The highest BCUT2D eigenvalue weighted by atomic mass is 19.4. The van der Waals surface area contributed by atoms with Crippen molar-refractivity contribution in [2.75, 3.05) is 0 Å². The summed E-state index contributed by atoms with van der Waals surface area (Å²) in [6.07, 6.45) is -4.17. The molecule has 0 nitrogen and oxygen atoms in total. The van der Waals surface area contributed by atoms with Crippen molar-refractivity contribution in [1.29, 1.82) is 0 Å². The zero-order valence-electron chi connectivity index (χ0n) is 10.9. The van der Waals surface area contributed by atoms with Crippen molar-refractivity contribution >= 4 is 0 Å². The first-order valence-corrected chi connectivity index (χ1v) is 5.82. The molecule has 0 aliphatic heterocycles. The molecule has 0 saturated heterocycles. The van der Waals surface area contributed by atoms with Gasteiger partial charge in [-0.2, -0.15) is 13.2 Å². The standard InChI is InChI=1S/C14H19F3/c1-8(2)13-7-12(6-9(3)10(13)4)11(5)14(15,16)17/h6-8,11H,1-5H3. The van der Waals surface area contributed by atoms with Gasteiger partial charge in [0.2, 0.25) is 0 Å². The molecule has 96 valence electrons. The van der Waals surface area contributed by atoms with Gasteiger partial charge in [-0.1, -0.05) is 26.0 Å². The normalized spacial score (nSPS) is 14.2. The lowest BCUT2D eigenvalue weighted by Gasteiger charge is -2.20. The second kappa shape index (κ2) is 4.71. The number of hydrogen-bond acceptors (Lipinski definition) is 0. The minimum atomic E-state index is -4.17. The van der Waals surface area contributed by atoms with Gasteiger partial charge in [0, 0.05) is 0 Å². The summed E-state index contributed by atoms with van der Waals surface area (Å²) in [6.45, 7) is 9.06. The maximum Gasteiger partial charge on any atom is 0.395 e. The fourth-order valence-corrected chi connectivity index (χ4v) is 1.95. The topological polar surface area (TPSA) is 0 Å². The highest BCUT2D eigenvalue weighted by Crippen LogP contribution is 2.36. The SMILES string of the molecule is Cc1cc(C(C)C(F)(F)F)cc(C(C)C)c1C. The summed E-state index contributed by atoms with van der Waals surface area (Å²) < 4.78 is 38.1. The maximum absolute atomic E-state index is 12.7. The van der Waals surface area contributed by atoms with Crippen LogP contribution in [-0.4, -0.2) is 6.18 Å². The minimum absolute atomic E-state index is 0.245. The van der Waals surface area contributed by atoms with E-state index >= 15 is 0 Å². The molecule has 0 aliphatic rings. The molecule has 0 saturated carbocycles. The Morgan fingerprint density at radius 1 is 1.00 bits per heavy atom. The molecular formula is C14H19F3. The summed E-state index contributed by atoms with van der Waals surface area (Å²) in [6, 6.07) is 3.35. The predicted octanol–water partition coefficient (Wildman–Crippen LogP) is 5.09. The first-order valence-electron chi connectivity index (χ1n) is 5.82. The van der Waals surface area contributed by atoms with Crippen LogP contribution in [-0.2, 0) is 0 Å². The van der Waals surface area contributed by atoms with Crippen LogP contribution in [0.1, 0.15) is 54.9 Å². The van der Waals surface area contributed by atoms with Crippen molar-refractivity contribution in [1.82, 2.24) is 0 Å². The van der Waals surface area contributed by atoms with E-state index in [0.29, 0.717) is 5.56 Å². The second-order valence-electron chi connectivity index (χ2n) is 4.97. The number of benzene rings is 1. The summed E-state index contributed by atoms with van der Waals surface area (Å²) >= 11 is 0. The smallest absolute Gasteiger partial charge is 0.170 e. The molecule has 0 aliphatic carbocycles. The van der Waals surface area contributed by atoms with Crippen molar-refractivity contribution in [2.45, 2.75) is 52.6 Å². The van der Waals surface area contributed by atoms with Gasteiger partial charge in [-0.05, 0) is 48.9 Å². The Morgan fingerprint density at radius 2 is 1.53 bits per heavy atom. The Balaban J connectivity index is 3.29. The summed E-state index contributed by atoms with van der Waals surface area (Å²) in [5.74, 6) is -1.16. The lowest BCUT2D eigenvalue weighted by molar-refractivity contribution is -0.146. The third kappa shape index (κ3) is 3.02. The molecular weight excluding hydrogens is 225 g/mol. The molecule has 0 heterocycles. The first kappa shape index (κ1) is 14.1. The molecule has 0 fully saturated rings. The van der Waals surface area contributed by atoms with Gasteiger partial charge in [-0.3, -0.25) is 0 Å². The van der Waals surface area contributed by atoms with Gasteiger partial charge in [0.05, 0.1) is 5.92 Å². The maximum atomic E-state index is 12.7. The van der Waals surface area contributed by atoms with Gasteiger partial charge in [0.15, 0.2) is 0 Å². The molecule has 1 aromatic carbocycles. The predicted molar refractivity (Wildman–Crippen MR) is 64.5 cm³/mol. The molecule has 3 heteroatoms. The molecule has 1 unspecified atom stereocenters. The van der Waals surface area contributed by atoms with Gasteiger partial charge < -0.3 is 0 Å². The van der Waals surface area contributed by atoms with Crippen molar-refractivity contribution < 1.29 is 13.2 Å². The average Bonchev–Trinajstić information content (AvgIpc) is 2.19. The molecule has 1 aromatic rings. The summed E-state index contributed by atoms with van der Waals surface area (Å²) in [5, 5.41) is 0. The lowest BCUT2D eigenvalue weighted by atomic mass is 9.88. The van der Waals surface area contributed by atoms with Crippen LogP contribution in [0.5, 0.6) is 0 Å². The Morgan fingerprint density at radius 3 is 1.94 bits per heavy atom.